The maximum atomic E-state index is 11.3. The van der Waals surface area contributed by atoms with Crippen molar-refractivity contribution in [3.8, 4) is 0 Å². The Morgan fingerprint density at radius 1 is 1.40 bits per heavy atom. The van der Waals surface area contributed by atoms with Crippen LogP contribution in [-0.2, 0) is 4.79 Å². The molecule has 2 nitrogen and oxygen atoms in total. The third kappa shape index (κ3) is 1.49. The smallest absolute Gasteiger partial charge is 0.229 e. The second kappa shape index (κ2) is 3.04. The van der Waals surface area contributed by atoms with E-state index < -0.39 is 0 Å². The molecule has 1 rings (SSSR count). The van der Waals surface area contributed by atoms with Gasteiger partial charge >= 0.3 is 0 Å². The molecule has 57 valence electrons. The zero-order valence-corrected chi connectivity index (χ0v) is 6.68. The minimum absolute atomic E-state index is 0.282. The summed E-state index contributed by atoms with van der Waals surface area (Å²) in [6.07, 6.45) is 2.07. The molecular weight excluding hydrogens is 126 g/mol. The molecule has 0 saturated heterocycles. The van der Waals surface area contributed by atoms with Gasteiger partial charge in [-0.05, 0) is 26.7 Å². The molecule has 0 aromatic heterocycles. The number of hydrogen-bond acceptors (Lipinski definition) is 1. The second-order valence-corrected chi connectivity index (χ2v) is 2.58. The number of nitrogens with zero attached hydrogens (tertiary/aromatic N) is 1. The van der Waals surface area contributed by atoms with Crippen LogP contribution >= 0.6 is 0 Å². The average molecular weight is 140 g/mol. The third-order valence-corrected chi connectivity index (χ3v) is 1.85. The van der Waals surface area contributed by atoms with Gasteiger partial charge in [-0.2, -0.15) is 0 Å². The first-order chi connectivity index (χ1) is 4.79. The topological polar surface area (TPSA) is 20.3 Å². The Morgan fingerprint density at radius 3 is 2.20 bits per heavy atom. The first kappa shape index (κ1) is 7.58. The highest BCUT2D eigenvalue weighted by Gasteiger charge is 2.32. The summed E-state index contributed by atoms with van der Waals surface area (Å²) in [5.74, 6) is 1.40. The molecule has 1 aliphatic carbocycles. The van der Waals surface area contributed by atoms with E-state index in [0.717, 1.165) is 31.8 Å². The maximum Gasteiger partial charge on any atom is 0.229 e. The van der Waals surface area contributed by atoms with Gasteiger partial charge in [-0.15, -0.1) is 0 Å². The summed E-state index contributed by atoms with van der Waals surface area (Å²) in [7, 11) is 0. The van der Waals surface area contributed by atoms with E-state index >= 15 is 0 Å². The summed E-state index contributed by atoms with van der Waals surface area (Å²) < 4.78 is 0. The van der Waals surface area contributed by atoms with Crippen molar-refractivity contribution in [1.82, 2.24) is 4.90 Å². The molecule has 0 atom stereocenters. The van der Waals surface area contributed by atoms with Crippen molar-refractivity contribution in [3.63, 3.8) is 0 Å². The van der Waals surface area contributed by atoms with Crippen molar-refractivity contribution < 1.29 is 4.79 Å². The lowest BCUT2D eigenvalue weighted by atomic mass is 10.3. The number of amides is 1. The zero-order valence-electron chi connectivity index (χ0n) is 6.68. The van der Waals surface area contributed by atoms with Crippen molar-refractivity contribution in [1.29, 1.82) is 0 Å². The summed E-state index contributed by atoms with van der Waals surface area (Å²) in [4.78, 5) is 13.1. The Labute approximate surface area is 62.2 Å². The Morgan fingerprint density at radius 2 is 1.90 bits per heavy atom. The van der Waals surface area contributed by atoms with Crippen LogP contribution in [0.2, 0.25) is 0 Å². The molecular formula is C8H14NO. The summed E-state index contributed by atoms with van der Waals surface area (Å²) in [5.41, 5.74) is 0. The largest absolute Gasteiger partial charge is 0.343 e. The van der Waals surface area contributed by atoms with Gasteiger partial charge in [0.05, 0.1) is 5.92 Å². The SMILES string of the molecule is CCN(CC)C(=O)[C]1CC1. The monoisotopic (exact) mass is 140 g/mol. The molecule has 0 N–H and O–H groups in total. The van der Waals surface area contributed by atoms with Gasteiger partial charge in [-0.1, -0.05) is 0 Å². The molecule has 0 aromatic carbocycles. The fourth-order valence-corrected chi connectivity index (χ4v) is 1.01. The first-order valence-corrected chi connectivity index (χ1v) is 3.93. The summed E-state index contributed by atoms with van der Waals surface area (Å²) in [6.45, 7) is 5.73. The van der Waals surface area contributed by atoms with E-state index in [-0.39, 0.29) is 5.91 Å². The van der Waals surface area contributed by atoms with Crippen LogP contribution in [0, 0.1) is 5.92 Å². The van der Waals surface area contributed by atoms with Crippen LogP contribution in [0.1, 0.15) is 26.7 Å². The van der Waals surface area contributed by atoms with E-state index in [4.69, 9.17) is 0 Å². The Bertz CT molecular complexity index is 125. The minimum atomic E-state index is 0.282. The highest BCUT2D eigenvalue weighted by atomic mass is 16.2. The van der Waals surface area contributed by atoms with Gasteiger partial charge < -0.3 is 4.90 Å². The molecule has 0 aliphatic heterocycles. The third-order valence-electron chi connectivity index (χ3n) is 1.85. The Hall–Kier alpha value is -0.530. The van der Waals surface area contributed by atoms with Gasteiger partial charge in [-0.25, -0.2) is 0 Å². The molecule has 0 aromatic rings. The fraction of sp³-hybridized carbons (Fsp3) is 0.750. The second-order valence-electron chi connectivity index (χ2n) is 2.58. The molecule has 0 bridgehead atoms. The number of carbonyl (C=O) groups excluding carboxylic acids is 1. The Balaban J connectivity index is 2.35. The predicted octanol–water partition coefficient (Wildman–Crippen LogP) is 1.22. The average Bonchev–Trinajstić information content (AvgIpc) is 2.71. The molecule has 1 aliphatic rings. The molecule has 1 radical (unpaired) electrons. The van der Waals surface area contributed by atoms with Gasteiger partial charge in [0.1, 0.15) is 0 Å². The van der Waals surface area contributed by atoms with E-state index in [1.807, 2.05) is 18.7 Å². The van der Waals surface area contributed by atoms with Crippen molar-refractivity contribution in [2.24, 2.45) is 0 Å². The van der Waals surface area contributed by atoms with Crippen LogP contribution in [0.3, 0.4) is 0 Å². The lowest BCUT2D eigenvalue weighted by Gasteiger charge is -2.17. The van der Waals surface area contributed by atoms with Crippen molar-refractivity contribution in [2.45, 2.75) is 26.7 Å². The highest BCUT2D eigenvalue weighted by Crippen LogP contribution is 2.33. The summed E-state index contributed by atoms with van der Waals surface area (Å²) in [6, 6.07) is 0. The van der Waals surface area contributed by atoms with Gasteiger partial charge in [-0.3, -0.25) is 4.79 Å². The fourth-order valence-electron chi connectivity index (χ4n) is 1.01. The standard InChI is InChI=1S/C8H14NO/c1-3-9(4-2)8(10)7-5-6-7/h3-6H2,1-2H3. The molecule has 10 heavy (non-hydrogen) atoms. The van der Waals surface area contributed by atoms with Crippen molar-refractivity contribution in [2.75, 3.05) is 13.1 Å². The van der Waals surface area contributed by atoms with E-state index in [1.54, 1.807) is 0 Å². The predicted molar refractivity (Wildman–Crippen MR) is 40.4 cm³/mol. The zero-order chi connectivity index (χ0) is 7.56. The van der Waals surface area contributed by atoms with Crippen LogP contribution in [-0.4, -0.2) is 23.9 Å². The van der Waals surface area contributed by atoms with Gasteiger partial charge in [0.2, 0.25) is 5.91 Å². The van der Waals surface area contributed by atoms with Crippen LogP contribution in [0.25, 0.3) is 0 Å². The van der Waals surface area contributed by atoms with E-state index in [9.17, 15) is 4.79 Å². The normalized spacial score (nSPS) is 17.0. The van der Waals surface area contributed by atoms with Crippen LogP contribution in [0.5, 0.6) is 0 Å². The van der Waals surface area contributed by atoms with Crippen LogP contribution < -0.4 is 0 Å². The lowest BCUT2D eigenvalue weighted by molar-refractivity contribution is -0.127. The maximum absolute atomic E-state index is 11.3. The highest BCUT2D eigenvalue weighted by molar-refractivity contribution is 5.93. The first-order valence-electron chi connectivity index (χ1n) is 3.93. The van der Waals surface area contributed by atoms with Crippen molar-refractivity contribution in [3.05, 3.63) is 5.92 Å². The van der Waals surface area contributed by atoms with Gasteiger partial charge in [0.15, 0.2) is 0 Å². The molecule has 2 heteroatoms. The molecule has 1 fully saturated rings. The number of rotatable bonds is 3. The Kier molecular flexibility index (Phi) is 2.30. The van der Waals surface area contributed by atoms with Crippen molar-refractivity contribution >= 4 is 5.91 Å². The molecule has 0 unspecified atom stereocenters. The van der Waals surface area contributed by atoms with E-state index in [2.05, 4.69) is 0 Å². The quantitative estimate of drug-likeness (QED) is 0.577. The minimum Gasteiger partial charge on any atom is -0.343 e. The summed E-state index contributed by atoms with van der Waals surface area (Å²) >= 11 is 0. The van der Waals surface area contributed by atoms with E-state index in [1.165, 1.54) is 0 Å². The van der Waals surface area contributed by atoms with Gasteiger partial charge in [0.25, 0.3) is 0 Å². The lowest BCUT2D eigenvalue weighted by Crippen LogP contribution is -2.30. The molecule has 1 saturated carbocycles. The summed E-state index contributed by atoms with van der Waals surface area (Å²) in [5, 5.41) is 0. The number of carbonyl (C=O) groups is 1. The molecule has 0 heterocycles. The van der Waals surface area contributed by atoms with Crippen LogP contribution in [0.15, 0.2) is 0 Å². The van der Waals surface area contributed by atoms with Crippen LogP contribution in [0.4, 0.5) is 0 Å². The molecule has 1 amide bonds. The molecule has 0 spiro atoms. The number of hydrogen-bond donors (Lipinski definition) is 0. The van der Waals surface area contributed by atoms with Gasteiger partial charge in [0, 0.05) is 13.1 Å². The van der Waals surface area contributed by atoms with E-state index in [0.29, 0.717) is 0 Å².